The van der Waals surface area contributed by atoms with Crippen molar-refractivity contribution in [1.82, 2.24) is 5.32 Å². The van der Waals surface area contributed by atoms with Crippen LogP contribution in [0.25, 0.3) is 0 Å². The zero-order chi connectivity index (χ0) is 14.4. The zero-order valence-electron chi connectivity index (χ0n) is 11.4. The fourth-order valence-electron chi connectivity index (χ4n) is 2.43. The van der Waals surface area contributed by atoms with Crippen LogP contribution in [0.3, 0.4) is 0 Å². The van der Waals surface area contributed by atoms with E-state index in [1.165, 1.54) is 31.4 Å². The molecular weight excluding hydrogens is 267 g/mol. The zero-order valence-corrected chi connectivity index (χ0v) is 11.4. The fourth-order valence-corrected chi connectivity index (χ4v) is 2.43. The molecule has 112 valence electrons. The first-order valence-corrected chi connectivity index (χ1v) is 7.09. The average molecular weight is 287 g/mol. The van der Waals surface area contributed by atoms with E-state index in [1.54, 1.807) is 0 Å². The first-order valence-electron chi connectivity index (χ1n) is 7.09. The Balaban J connectivity index is 1.68. The molecule has 0 radical (unpaired) electrons. The van der Waals surface area contributed by atoms with Gasteiger partial charge in [-0.25, -0.2) is 0 Å². The van der Waals surface area contributed by atoms with Crippen LogP contribution in [0, 0.1) is 0 Å². The predicted molar refractivity (Wildman–Crippen MR) is 71.8 cm³/mol. The molecule has 1 aliphatic rings. The Morgan fingerprint density at radius 3 is 2.50 bits per heavy atom. The van der Waals surface area contributed by atoms with E-state index in [9.17, 15) is 13.2 Å². The summed E-state index contributed by atoms with van der Waals surface area (Å²) in [5.74, 6) is 0.495. The Morgan fingerprint density at radius 2 is 1.90 bits per heavy atom. The topological polar surface area (TPSA) is 21.3 Å². The van der Waals surface area contributed by atoms with Gasteiger partial charge in [-0.15, -0.1) is 0 Å². The molecule has 0 amide bonds. The number of halogens is 3. The summed E-state index contributed by atoms with van der Waals surface area (Å²) >= 11 is 0. The Bertz CT molecular complexity index is 397. The molecule has 0 aromatic heterocycles. The third-order valence-electron chi connectivity index (χ3n) is 3.56. The van der Waals surface area contributed by atoms with Gasteiger partial charge in [0.25, 0.3) is 0 Å². The average Bonchev–Trinajstić information content (AvgIpc) is 2.44. The van der Waals surface area contributed by atoms with Crippen LogP contribution in [0.4, 0.5) is 13.2 Å². The quantitative estimate of drug-likeness (QED) is 0.826. The first kappa shape index (κ1) is 15.2. The number of alkyl halides is 3. The van der Waals surface area contributed by atoms with Gasteiger partial charge in [0, 0.05) is 6.04 Å². The molecule has 1 heterocycles. The van der Waals surface area contributed by atoms with Gasteiger partial charge in [-0.3, -0.25) is 0 Å². The maximum atomic E-state index is 12.4. The van der Waals surface area contributed by atoms with Crippen molar-refractivity contribution >= 4 is 0 Å². The minimum Gasteiger partial charge on any atom is -0.494 e. The van der Waals surface area contributed by atoms with E-state index in [0.29, 0.717) is 18.4 Å². The molecule has 5 heteroatoms. The smallest absolute Gasteiger partial charge is 0.416 e. The molecule has 0 saturated carbocycles. The molecule has 0 aliphatic carbocycles. The lowest BCUT2D eigenvalue weighted by molar-refractivity contribution is -0.137. The monoisotopic (exact) mass is 287 g/mol. The summed E-state index contributed by atoms with van der Waals surface area (Å²) in [5.41, 5.74) is -0.642. The van der Waals surface area contributed by atoms with Crippen molar-refractivity contribution in [2.45, 2.75) is 44.3 Å². The summed E-state index contributed by atoms with van der Waals surface area (Å²) < 4.78 is 42.6. The van der Waals surface area contributed by atoms with E-state index in [0.717, 1.165) is 31.5 Å². The summed E-state index contributed by atoms with van der Waals surface area (Å²) in [7, 11) is 0. The second-order valence-electron chi connectivity index (χ2n) is 5.16. The van der Waals surface area contributed by atoms with Crippen molar-refractivity contribution in [2.75, 3.05) is 13.2 Å². The minimum atomic E-state index is -4.29. The van der Waals surface area contributed by atoms with Crippen LogP contribution in [0.5, 0.6) is 5.75 Å². The molecule has 1 aromatic carbocycles. The third-order valence-corrected chi connectivity index (χ3v) is 3.56. The largest absolute Gasteiger partial charge is 0.494 e. The minimum absolute atomic E-state index is 0.495. The number of nitrogens with one attached hydrogen (secondary N) is 1. The van der Waals surface area contributed by atoms with Crippen LogP contribution >= 0.6 is 0 Å². The normalized spacial score (nSPS) is 19.9. The molecule has 1 N–H and O–H groups in total. The maximum absolute atomic E-state index is 12.4. The molecule has 2 nitrogen and oxygen atoms in total. The van der Waals surface area contributed by atoms with Gasteiger partial charge in [-0.05, 0) is 56.5 Å². The molecule has 1 saturated heterocycles. The highest BCUT2D eigenvalue weighted by Crippen LogP contribution is 2.30. The van der Waals surface area contributed by atoms with Gasteiger partial charge in [-0.1, -0.05) is 6.42 Å². The maximum Gasteiger partial charge on any atom is 0.416 e. The van der Waals surface area contributed by atoms with Crippen molar-refractivity contribution < 1.29 is 17.9 Å². The van der Waals surface area contributed by atoms with Crippen LogP contribution in [0.1, 0.15) is 37.7 Å². The Kier molecular flexibility index (Phi) is 5.29. The van der Waals surface area contributed by atoms with Crippen molar-refractivity contribution in [3.8, 4) is 5.75 Å². The second kappa shape index (κ2) is 6.97. The van der Waals surface area contributed by atoms with E-state index in [2.05, 4.69) is 5.32 Å². The molecule has 1 unspecified atom stereocenters. The first-order chi connectivity index (χ1) is 9.55. The highest BCUT2D eigenvalue weighted by atomic mass is 19.4. The van der Waals surface area contributed by atoms with Gasteiger partial charge in [0.2, 0.25) is 0 Å². The molecule has 1 aromatic rings. The fraction of sp³-hybridized carbons (Fsp3) is 0.600. The predicted octanol–water partition coefficient (Wildman–Crippen LogP) is 4.01. The van der Waals surface area contributed by atoms with Crippen molar-refractivity contribution in [1.29, 1.82) is 0 Å². The van der Waals surface area contributed by atoms with Gasteiger partial charge >= 0.3 is 6.18 Å². The van der Waals surface area contributed by atoms with E-state index in [1.807, 2.05) is 0 Å². The van der Waals surface area contributed by atoms with Crippen LogP contribution in [0.2, 0.25) is 0 Å². The number of rotatable bonds is 5. The lowest BCUT2D eigenvalue weighted by Gasteiger charge is -2.23. The highest BCUT2D eigenvalue weighted by molar-refractivity contribution is 5.28. The van der Waals surface area contributed by atoms with E-state index in [-0.39, 0.29) is 0 Å². The number of piperidine rings is 1. The Hall–Kier alpha value is -1.23. The number of ether oxygens (including phenoxy) is 1. The van der Waals surface area contributed by atoms with Crippen molar-refractivity contribution in [3.63, 3.8) is 0 Å². The summed E-state index contributed by atoms with van der Waals surface area (Å²) in [6, 6.07) is 5.43. The Labute approximate surface area is 117 Å². The number of benzene rings is 1. The third kappa shape index (κ3) is 4.71. The van der Waals surface area contributed by atoms with Crippen molar-refractivity contribution in [3.05, 3.63) is 29.8 Å². The summed E-state index contributed by atoms with van der Waals surface area (Å²) in [6.45, 7) is 1.63. The van der Waals surface area contributed by atoms with Gasteiger partial charge in [0.1, 0.15) is 5.75 Å². The van der Waals surface area contributed by atoms with Gasteiger partial charge in [-0.2, -0.15) is 13.2 Å². The van der Waals surface area contributed by atoms with Gasteiger partial charge in [0.05, 0.1) is 12.2 Å². The molecule has 20 heavy (non-hydrogen) atoms. The van der Waals surface area contributed by atoms with Crippen LogP contribution < -0.4 is 10.1 Å². The molecule has 0 bridgehead atoms. The lowest BCUT2D eigenvalue weighted by Crippen LogP contribution is -2.34. The van der Waals surface area contributed by atoms with E-state index in [4.69, 9.17) is 4.74 Å². The molecule has 0 spiro atoms. The SMILES string of the molecule is FC(F)(F)c1ccc(OCCCC2CCCCN2)cc1. The molecule has 1 aliphatic heterocycles. The number of hydrogen-bond acceptors (Lipinski definition) is 2. The second-order valence-corrected chi connectivity index (χ2v) is 5.16. The van der Waals surface area contributed by atoms with Gasteiger partial charge in [0.15, 0.2) is 0 Å². The summed E-state index contributed by atoms with van der Waals surface area (Å²) in [6.07, 6.45) is 1.42. The van der Waals surface area contributed by atoms with E-state index < -0.39 is 11.7 Å². The summed E-state index contributed by atoms with van der Waals surface area (Å²) in [4.78, 5) is 0. The highest BCUT2D eigenvalue weighted by Gasteiger charge is 2.29. The summed E-state index contributed by atoms with van der Waals surface area (Å²) in [5, 5.41) is 3.46. The molecule has 2 rings (SSSR count). The Morgan fingerprint density at radius 1 is 1.15 bits per heavy atom. The number of hydrogen-bond donors (Lipinski definition) is 1. The lowest BCUT2D eigenvalue weighted by atomic mass is 10.0. The van der Waals surface area contributed by atoms with Crippen LogP contribution in [0.15, 0.2) is 24.3 Å². The van der Waals surface area contributed by atoms with E-state index >= 15 is 0 Å². The van der Waals surface area contributed by atoms with Crippen LogP contribution in [-0.4, -0.2) is 19.2 Å². The van der Waals surface area contributed by atoms with Gasteiger partial charge < -0.3 is 10.1 Å². The van der Waals surface area contributed by atoms with Crippen LogP contribution in [-0.2, 0) is 6.18 Å². The standard InChI is InChI=1S/C15H20F3NO/c16-15(17,18)12-6-8-14(9-7-12)20-11-3-5-13-4-1-2-10-19-13/h6-9,13,19H,1-5,10-11H2. The molecule has 1 fully saturated rings. The molecular formula is C15H20F3NO. The molecule has 1 atom stereocenters. The van der Waals surface area contributed by atoms with Crippen molar-refractivity contribution in [2.24, 2.45) is 0 Å².